The van der Waals surface area contributed by atoms with Crippen LogP contribution in [0.2, 0.25) is 0 Å². The average Bonchev–Trinajstić information content (AvgIpc) is 2.76. The van der Waals surface area contributed by atoms with Gasteiger partial charge in [-0.1, -0.05) is 0 Å². The van der Waals surface area contributed by atoms with Crippen molar-refractivity contribution in [1.82, 2.24) is 9.88 Å². The summed E-state index contributed by atoms with van der Waals surface area (Å²) in [6.45, 7) is 2.77. The lowest BCUT2D eigenvalue weighted by Gasteiger charge is -2.06. The summed E-state index contributed by atoms with van der Waals surface area (Å²) in [6, 6.07) is 1.58. The number of aromatic nitrogens is 1. The third-order valence-corrected chi connectivity index (χ3v) is 2.63. The second-order valence-corrected chi connectivity index (χ2v) is 4.23. The Morgan fingerprint density at radius 2 is 2.16 bits per heavy atom. The fourth-order valence-corrected chi connectivity index (χ4v) is 1.62. The van der Waals surface area contributed by atoms with Crippen molar-refractivity contribution in [1.29, 1.82) is 0 Å². The van der Waals surface area contributed by atoms with E-state index >= 15 is 0 Å². The Morgan fingerprint density at radius 1 is 1.42 bits per heavy atom. The number of carbonyl (C=O) groups excluding carboxylic acids is 2. The first-order chi connectivity index (χ1) is 9.06. The number of hydrogen-bond donors (Lipinski definition) is 2. The van der Waals surface area contributed by atoms with Crippen molar-refractivity contribution in [2.24, 2.45) is 7.05 Å². The molecule has 1 aromatic rings. The summed E-state index contributed by atoms with van der Waals surface area (Å²) in [5.74, 6) is -0.274. The van der Waals surface area contributed by atoms with Crippen LogP contribution in [0.5, 0.6) is 0 Å². The fraction of sp³-hybridized carbons (Fsp3) is 0.538. The normalized spacial score (nSPS) is 10.5. The van der Waals surface area contributed by atoms with Crippen LogP contribution in [0.3, 0.4) is 0 Å². The molecule has 0 aromatic carbocycles. The van der Waals surface area contributed by atoms with E-state index in [1.54, 1.807) is 23.9 Å². The number of amides is 1. The number of aryl methyl sites for hydroxylation is 1. The van der Waals surface area contributed by atoms with Gasteiger partial charge in [-0.25, -0.2) is 0 Å². The molecule has 0 spiro atoms. The Kier molecular flexibility index (Phi) is 6.24. The Balaban J connectivity index is 2.39. The molecule has 0 aliphatic rings. The van der Waals surface area contributed by atoms with Gasteiger partial charge in [-0.3, -0.25) is 9.59 Å². The van der Waals surface area contributed by atoms with Crippen LogP contribution in [-0.2, 0) is 11.8 Å². The van der Waals surface area contributed by atoms with Crippen LogP contribution >= 0.6 is 0 Å². The van der Waals surface area contributed by atoms with E-state index in [9.17, 15) is 9.59 Å². The van der Waals surface area contributed by atoms with E-state index in [0.29, 0.717) is 37.4 Å². The molecule has 2 N–H and O–H groups in total. The standard InChI is InChI=1S/C13H20N2O4/c1-10(17)11-8-12(15(2)9-11)13(18)14-4-3-6-19-7-5-16/h8-9,16H,3-7H2,1-2H3,(H,14,18). The number of nitrogens with one attached hydrogen (secondary N) is 1. The Hall–Kier alpha value is -1.66. The molecule has 1 heterocycles. The molecule has 0 saturated carbocycles. The van der Waals surface area contributed by atoms with Gasteiger partial charge in [0.05, 0.1) is 13.2 Å². The molecule has 0 aliphatic heterocycles. The maximum Gasteiger partial charge on any atom is 0.267 e. The number of Topliss-reactive ketones (excluding diaryl/α,β-unsaturated/α-hetero) is 1. The molecular weight excluding hydrogens is 248 g/mol. The van der Waals surface area contributed by atoms with Crippen LogP contribution in [0, 0.1) is 0 Å². The first-order valence-corrected chi connectivity index (χ1v) is 6.20. The van der Waals surface area contributed by atoms with Gasteiger partial charge in [0.1, 0.15) is 5.69 Å². The minimum atomic E-state index is -0.211. The number of rotatable bonds is 8. The average molecular weight is 268 g/mol. The zero-order chi connectivity index (χ0) is 14.3. The molecule has 0 fully saturated rings. The van der Waals surface area contributed by atoms with Gasteiger partial charge in [-0.2, -0.15) is 0 Å². The van der Waals surface area contributed by atoms with Crippen LogP contribution in [0.15, 0.2) is 12.3 Å². The Morgan fingerprint density at radius 3 is 2.74 bits per heavy atom. The largest absolute Gasteiger partial charge is 0.394 e. The van der Waals surface area contributed by atoms with E-state index in [0.717, 1.165) is 0 Å². The lowest BCUT2D eigenvalue weighted by molar-refractivity contribution is 0.0864. The smallest absolute Gasteiger partial charge is 0.267 e. The molecule has 6 heteroatoms. The number of ether oxygens (including phenoxy) is 1. The molecule has 1 amide bonds. The number of aliphatic hydroxyl groups excluding tert-OH is 1. The molecule has 0 saturated heterocycles. The highest BCUT2D eigenvalue weighted by Crippen LogP contribution is 2.07. The summed E-state index contributed by atoms with van der Waals surface area (Å²) >= 11 is 0. The third-order valence-electron chi connectivity index (χ3n) is 2.63. The highest BCUT2D eigenvalue weighted by molar-refractivity contribution is 5.99. The summed E-state index contributed by atoms with van der Waals surface area (Å²) in [6.07, 6.45) is 2.32. The van der Waals surface area contributed by atoms with Crippen molar-refractivity contribution in [2.75, 3.05) is 26.4 Å². The number of hydrogen-bond acceptors (Lipinski definition) is 4. The second-order valence-electron chi connectivity index (χ2n) is 4.23. The third kappa shape index (κ3) is 4.84. The van der Waals surface area contributed by atoms with Crippen LogP contribution in [-0.4, -0.2) is 47.7 Å². The van der Waals surface area contributed by atoms with Crippen LogP contribution in [0.25, 0.3) is 0 Å². The highest BCUT2D eigenvalue weighted by atomic mass is 16.5. The number of aliphatic hydroxyl groups is 1. The van der Waals surface area contributed by atoms with E-state index in [1.807, 2.05) is 0 Å². The molecule has 1 rings (SSSR count). The van der Waals surface area contributed by atoms with Gasteiger partial charge in [0.25, 0.3) is 5.91 Å². The molecule has 6 nitrogen and oxygen atoms in total. The number of ketones is 1. The zero-order valence-electron chi connectivity index (χ0n) is 11.3. The molecule has 1 aromatic heterocycles. The van der Waals surface area contributed by atoms with Crippen molar-refractivity contribution in [2.45, 2.75) is 13.3 Å². The molecule has 0 atom stereocenters. The minimum absolute atomic E-state index is 0.00350. The van der Waals surface area contributed by atoms with E-state index in [1.165, 1.54) is 6.92 Å². The first kappa shape index (κ1) is 15.4. The van der Waals surface area contributed by atoms with Gasteiger partial charge in [0, 0.05) is 32.0 Å². The van der Waals surface area contributed by atoms with Crippen molar-refractivity contribution < 1.29 is 19.4 Å². The van der Waals surface area contributed by atoms with Gasteiger partial charge in [-0.05, 0) is 19.4 Å². The summed E-state index contributed by atoms with van der Waals surface area (Å²) in [7, 11) is 1.73. The molecule has 19 heavy (non-hydrogen) atoms. The van der Waals surface area contributed by atoms with E-state index < -0.39 is 0 Å². The van der Waals surface area contributed by atoms with Crippen LogP contribution in [0.1, 0.15) is 34.2 Å². The Labute approximate surface area is 112 Å². The summed E-state index contributed by atoms with van der Waals surface area (Å²) in [5, 5.41) is 11.3. The monoisotopic (exact) mass is 268 g/mol. The van der Waals surface area contributed by atoms with E-state index in [4.69, 9.17) is 9.84 Å². The van der Waals surface area contributed by atoms with Crippen molar-refractivity contribution >= 4 is 11.7 Å². The van der Waals surface area contributed by atoms with Gasteiger partial charge >= 0.3 is 0 Å². The lowest BCUT2D eigenvalue weighted by atomic mass is 10.2. The Bertz CT molecular complexity index is 440. The fourth-order valence-electron chi connectivity index (χ4n) is 1.62. The van der Waals surface area contributed by atoms with Gasteiger partial charge < -0.3 is 19.7 Å². The zero-order valence-corrected chi connectivity index (χ0v) is 11.3. The quantitative estimate of drug-likeness (QED) is 0.527. The van der Waals surface area contributed by atoms with Crippen molar-refractivity contribution in [3.63, 3.8) is 0 Å². The summed E-state index contributed by atoms with van der Waals surface area (Å²) in [4.78, 5) is 23.1. The summed E-state index contributed by atoms with van der Waals surface area (Å²) in [5.41, 5.74) is 0.986. The summed E-state index contributed by atoms with van der Waals surface area (Å²) < 4.78 is 6.71. The molecule has 0 aliphatic carbocycles. The van der Waals surface area contributed by atoms with Crippen LogP contribution < -0.4 is 5.32 Å². The van der Waals surface area contributed by atoms with Gasteiger partial charge in [0.15, 0.2) is 5.78 Å². The van der Waals surface area contributed by atoms with Crippen LogP contribution in [0.4, 0.5) is 0 Å². The molecular formula is C13H20N2O4. The lowest BCUT2D eigenvalue weighted by Crippen LogP contribution is -2.27. The molecule has 0 radical (unpaired) electrons. The van der Waals surface area contributed by atoms with Gasteiger partial charge in [-0.15, -0.1) is 0 Å². The topological polar surface area (TPSA) is 80.6 Å². The number of nitrogens with zero attached hydrogens (tertiary/aromatic N) is 1. The first-order valence-electron chi connectivity index (χ1n) is 6.20. The van der Waals surface area contributed by atoms with Gasteiger partial charge in [0.2, 0.25) is 0 Å². The second kappa shape index (κ2) is 7.70. The van der Waals surface area contributed by atoms with E-state index in [2.05, 4.69) is 5.32 Å². The van der Waals surface area contributed by atoms with E-state index in [-0.39, 0.29) is 18.3 Å². The maximum absolute atomic E-state index is 11.9. The molecule has 106 valence electrons. The number of carbonyl (C=O) groups is 2. The SMILES string of the molecule is CC(=O)c1cc(C(=O)NCCCOCCO)n(C)c1. The molecule has 0 bridgehead atoms. The predicted molar refractivity (Wildman–Crippen MR) is 70.3 cm³/mol. The highest BCUT2D eigenvalue weighted by Gasteiger charge is 2.12. The van der Waals surface area contributed by atoms with Crippen molar-refractivity contribution in [3.05, 3.63) is 23.5 Å². The maximum atomic E-state index is 11.9. The van der Waals surface area contributed by atoms with Crippen molar-refractivity contribution in [3.8, 4) is 0 Å². The molecule has 0 unspecified atom stereocenters. The minimum Gasteiger partial charge on any atom is -0.394 e. The predicted octanol–water partition coefficient (Wildman–Crippen LogP) is 0.356.